The molecular weight excluding hydrogens is 334 g/mol. The lowest BCUT2D eigenvalue weighted by atomic mass is 10.3. The highest BCUT2D eigenvalue weighted by atomic mass is 79.9. The molecule has 1 heterocycles. The Bertz CT molecular complexity index is 466. The third-order valence-corrected chi connectivity index (χ3v) is 3.21. The summed E-state index contributed by atoms with van der Waals surface area (Å²) in [4.78, 5) is 8.59. The minimum absolute atomic E-state index is 0.0415. The number of ether oxygens (including phenoxy) is 2. The Kier molecular flexibility index (Phi) is 8.30. The second kappa shape index (κ2) is 9.73. The van der Waals surface area contributed by atoms with Crippen molar-refractivity contribution in [2.75, 3.05) is 25.1 Å². The van der Waals surface area contributed by atoms with Crippen LogP contribution in [-0.4, -0.2) is 37.2 Å². The Hall–Kier alpha value is -1.14. The molecule has 21 heavy (non-hydrogen) atoms. The molecule has 0 amide bonds. The van der Waals surface area contributed by atoms with Crippen LogP contribution in [0.1, 0.15) is 32.9 Å². The maximum Gasteiger partial charge on any atom is 0.228 e. The number of halogens is 1. The van der Waals surface area contributed by atoms with Gasteiger partial charge in [-0.2, -0.15) is 0 Å². The van der Waals surface area contributed by atoms with Crippen molar-refractivity contribution in [3.8, 4) is 5.88 Å². The summed E-state index contributed by atoms with van der Waals surface area (Å²) in [5, 5.41) is 3.11. The predicted octanol–water partition coefficient (Wildman–Crippen LogP) is 3.81. The monoisotopic (exact) mass is 357 g/mol. The summed E-state index contributed by atoms with van der Waals surface area (Å²) < 4.78 is 12.1. The van der Waals surface area contributed by atoms with Crippen molar-refractivity contribution in [1.82, 2.24) is 4.98 Å². The summed E-state index contributed by atoms with van der Waals surface area (Å²) in [5.41, 5.74) is 1.76. The molecule has 1 atom stereocenters. The highest BCUT2D eigenvalue weighted by Gasteiger charge is 2.12. The maximum atomic E-state index is 5.81. The average Bonchev–Trinajstić information content (AvgIpc) is 2.44. The summed E-state index contributed by atoms with van der Waals surface area (Å²) >= 11 is 3.49. The molecule has 0 saturated heterocycles. The van der Waals surface area contributed by atoms with Crippen LogP contribution in [0.3, 0.4) is 0 Å². The minimum Gasteiger partial charge on any atom is -0.471 e. The lowest BCUT2D eigenvalue weighted by molar-refractivity contribution is 0.0563. The Morgan fingerprint density at radius 1 is 1.48 bits per heavy atom. The van der Waals surface area contributed by atoms with Crippen LogP contribution in [-0.2, 0) is 4.74 Å². The third kappa shape index (κ3) is 6.44. The molecule has 1 aromatic heterocycles. The van der Waals surface area contributed by atoms with Gasteiger partial charge in [0.05, 0.1) is 28.8 Å². The van der Waals surface area contributed by atoms with Crippen molar-refractivity contribution in [2.45, 2.75) is 40.2 Å². The normalized spacial score (nSPS) is 12.6. The molecule has 0 fully saturated rings. The molecule has 0 saturated carbocycles. The molecule has 5 nitrogen and oxygen atoms in total. The van der Waals surface area contributed by atoms with E-state index in [1.54, 1.807) is 6.34 Å². The summed E-state index contributed by atoms with van der Waals surface area (Å²) in [5.74, 6) is 0.582. The number of aliphatic imine (C=N–C) groups is 1. The van der Waals surface area contributed by atoms with Gasteiger partial charge in [0.1, 0.15) is 6.10 Å². The first-order valence-corrected chi connectivity index (χ1v) is 8.04. The van der Waals surface area contributed by atoms with Crippen LogP contribution >= 0.6 is 15.9 Å². The minimum atomic E-state index is -0.0415. The number of hydrogen-bond donors (Lipinski definition) is 1. The lowest BCUT2D eigenvalue weighted by Crippen LogP contribution is -2.20. The van der Waals surface area contributed by atoms with Crippen LogP contribution in [0.15, 0.2) is 15.5 Å². The van der Waals surface area contributed by atoms with Crippen molar-refractivity contribution in [3.05, 3.63) is 16.2 Å². The van der Waals surface area contributed by atoms with Gasteiger partial charge >= 0.3 is 0 Å². The van der Waals surface area contributed by atoms with Gasteiger partial charge in [-0.3, -0.25) is 4.99 Å². The second-order valence-electron chi connectivity index (χ2n) is 4.68. The average molecular weight is 358 g/mol. The van der Waals surface area contributed by atoms with Crippen molar-refractivity contribution in [3.63, 3.8) is 0 Å². The van der Waals surface area contributed by atoms with E-state index in [0.29, 0.717) is 12.5 Å². The van der Waals surface area contributed by atoms with E-state index in [1.165, 1.54) is 0 Å². The van der Waals surface area contributed by atoms with Crippen molar-refractivity contribution >= 4 is 28.0 Å². The molecule has 0 bridgehead atoms. The number of nitrogens with zero attached hydrogens (tertiary/aromatic N) is 2. The fourth-order valence-electron chi connectivity index (χ4n) is 1.61. The van der Waals surface area contributed by atoms with Crippen LogP contribution < -0.4 is 10.1 Å². The topological polar surface area (TPSA) is 55.7 Å². The molecule has 118 valence electrons. The van der Waals surface area contributed by atoms with Crippen molar-refractivity contribution < 1.29 is 9.47 Å². The zero-order chi connectivity index (χ0) is 15.7. The Balaban J connectivity index is 2.67. The van der Waals surface area contributed by atoms with Crippen molar-refractivity contribution in [2.24, 2.45) is 4.99 Å². The van der Waals surface area contributed by atoms with E-state index >= 15 is 0 Å². The zero-order valence-electron chi connectivity index (χ0n) is 13.1. The highest BCUT2D eigenvalue weighted by Crippen LogP contribution is 2.28. The summed E-state index contributed by atoms with van der Waals surface area (Å²) in [6.07, 6.45) is 2.64. The quantitative estimate of drug-likeness (QED) is 0.414. The SMILES string of the molecule is CCCOCC(C)Oc1nc(C)c(NC=NCC)cc1Br. The van der Waals surface area contributed by atoms with Crippen molar-refractivity contribution in [1.29, 1.82) is 0 Å². The van der Waals surface area contributed by atoms with E-state index in [1.807, 2.05) is 26.8 Å². The molecule has 1 N–H and O–H groups in total. The third-order valence-electron chi connectivity index (χ3n) is 2.64. The van der Waals surface area contributed by atoms with Gasteiger partial charge in [0.25, 0.3) is 0 Å². The molecular formula is C15H24BrN3O2. The van der Waals surface area contributed by atoms with Crippen LogP contribution in [0, 0.1) is 6.92 Å². The van der Waals surface area contributed by atoms with E-state index in [4.69, 9.17) is 9.47 Å². The number of anilines is 1. The smallest absolute Gasteiger partial charge is 0.228 e. The Morgan fingerprint density at radius 3 is 2.90 bits per heavy atom. The lowest BCUT2D eigenvalue weighted by Gasteiger charge is -2.16. The van der Waals surface area contributed by atoms with E-state index in [-0.39, 0.29) is 6.10 Å². The Labute approximate surface area is 135 Å². The van der Waals surface area contributed by atoms with Crippen LogP contribution in [0.5, 0.6) is 5.88 Å². The van der Waals surface area contributed by atoms with Gasteiger partial charge in [0, 0.05) is 13.2 Å². The Morgan fingerprint density at radius 2 is 2.24 bits per heavy atom. The van der Waals surface area contributed by atoms with E-state index in [2.05, 4.69) is 38.1 Å². The van der Waals surface area contributed by atoms with Gasteiger partial charge in [-0.25, -0.2) is 4.98 Å². The first kappa shape index (κ1) is 17.9. The highest BCUT2D eigenvalue weighted by molar-refractivity contribution is 9.10. The second-order valence-corrected chi connectivity index (χ2v) is 5.54. The van der Waals surface area contributed by atoms with E-state index in [9.17, 15) is 0 Å². The van der Waals surface area contributed by atoms with Gasteiger partial charge in [-0.05, 0) is 49.2 Å². The van der Waals surface area contributed by atoms with E-state index < -0.39 is 0 Å². The van der Waals surface area contributed by atoms with Crippen LogP contribution in [0.2, 0.25) is 0 Å². The molecule has 0 aromatic carbocycles. The molecule has 0 radical (unpaired) electrons. The van der Waals surface area contributed by atoms with Gasteiger partial charge in [-0.15, -0.1) is 0 Å². The molecule has 1 rings (SSSR count). The zero-order valence-corrected chi connectivity index (χ0v) is 14.7. The molecule has 0 aliphatic carbocycles. The van der Waals surface area contributed by atoms with Gasteiger partial charge in [0.2, 0.25) is 5.88 Å². The summed E-state index contributed by atoms with van der Waals surface area (Å²) in [6.45, 7) is 10.0. The van der Waals surface area contributed by atoms with Crippen LogP contribution in [0.25, 0.3) is 0 Å². The number of hydrogen-bond acceptors (Lipinski definition) is 4. The molecule has 0 spiro atoms. The van der Waals surface area contributed by atoms with Gasteiger partial charge < -0.3 is 14.8 Å². The molecule has 0 aliphatic rings. The molecule has 1 unspecified atom stereocenters. The summed E-state index contributed by atoms with van der Waals surface area (Å²) in [6, 6.07) is 1.94. The summed E-state index contributed by atoms with van der Waals surface area (Å²) in [7, 11) is 0. The number of rotatable bonds is 9. The fraction of sp³-hybridized carbons (Fsp3) is 0.600. The largest absolute Gasteiger partial charge is 0.471 e. The van der Waals surface area contributed by atoms with Gasteiger partial charge in [-0.1, -0.05) is 6.92 Å². The van der Waals surface area contributed by atoms with Gasteiger partial charge in [0.15, 0.2) is 0 Å². The van der Waals surface area contributed by atoms with E-state index in [0.717, 1.165) is 35.4 Å². The molecule has 1 aromatic rings. The first-order valence-electron chi connectivity index (χ1n) is 7.24. The number of pyridine rings is 1. The molecule has 6 heteroatoms. The molecule has 0 aliphatic heterocycles. The predicted molar refractivity (Wildman–Crippen MR) is 90.5 cm³/mol. The van der Waals surface area contributed by atoms with Crippen LogP contribution in [0.4, 0.5) is 5.69 Å². The number of nitrogens with one attached hydrogen (secondary N) is 1. The maximum absolute atomic E-state index is 5.81. The standard InChI is InChI=1S/C15H24BrN3O2/c1-5-7-20-9-11(3)21-15-13(16)8-14(12(4)19-15)18-10-17-6-2/h8,10-11H,5-7,9H2,1-4H3,(H,17,18). The fourth-order valence-corrected chi connectivity index (χ4v) is 2.02. The number of aryl methyl sites for hydroxylation is 1. The number of aromatic nitrogens is 1. The first-order chi connectivity index (χ1) is 10.1.